The number of carbonyl (C=O) groups excluding carboxylic acids is 3. The van der Waals surface area contributed by atoms with Gasteiger partial charge in [-0.1, -0.05) is 13.8 Å². The van der Waals surface area contributed by atoms with E-state index in [-0.39, 0.29) is 17.7 Å². The quantitative estimate of drug-likeness (QED) is 0.281. The molecule has 1 aliphatic heterocycles. The van der Waals surface area contributed by atoms with Gasteiger partial charge in [-0.25, -0.2) is 4.79 Å². The Balaban J connectivity index is 2.89. The summed E-state index contributed by atoms with van der Waals surface area (Å²) in [6.07, 6.45) is 6.13. The fourth-order valence-electron chi connectivity index (χ4n) is 3.65. The molecule has 0 aliphatic carbocycles. The zero-order valence-electron chi connectivity index (χ0n) is 19.5. The van der Waals surface area contributed by atoms with Crippen molar-refractivity contribution in [3.8, 4) is 0 Å². The van der Waals surface area contributed by atoms with Gasteiger partial charge < -0.3 is 26.4 Å². The number of nitrogens with zero attached hydrogens (tertiary/aromatic N) is 1. The van der Waals surface area contributed by atoms with Crippen molar-refractivity contribution in [1.82, 2.24) is 15.5 Å². The maximum absolute atomic E-state index is 13.3. The Morgan fingerprint density at radius 2 is 1.66 bits per heavy atom. The molecule has 0 aromatic carbocycles. The molecule has 1 saturated heterocycles. The van der Waals surface area contributed by atoms with Crippen molar-refractivity contribution in [2.75, 3.05) is 30.6 Å². The molecule has 184 valence electrons. The fourth-order valence-corrected chi connectivity index (χ4v) is 4.59. The van der Waals surface area contributed by atoms with Gasteiger partial charge in [0, 0.05) is 6.54 Å². The predicted molar refractivity (Wildman–Crippen MR) is 130 cm³/mol. The lowest BCUT2D eigenvalue weighted by molar-refractivity contribution is -0.145. The van der Waals surface area contributed by atoms with Gasteiger partial charge in [-0.05, 0) is 62.0 Å². The van der Waals surface area contributed by atoms with Gasteiger partial charge in [-0.15, -0.1) is 0 Å². The highest BCUT2D eigenvalue weighted by molar-refractivity contribution is 7.98. The maximum Gasteiger partial charge on any atom is 0.326 e. The van der Waals surface area contributed by atoms with E-state index in [4.69, 9.17) is 5.73 Å². The zero-order valence-corrected chi connectivity index (χ0v) is 21.1. The first-order chi connectivity index (χ1) is 15.1. The van der Waals surface area contributed by atoms with Crippen LogP contribution in [0.5, 0.6) is 0 Å². The van der Waals surface area contributed by atoms with Crippen molar-refractivity contribution in [3.63, 3.8) is 0 Å². The first-order valence-corrected chi connectivity index (χ1v) is 13.8. The van der Waals surface area contributed by atoms with E-state index in [1.165, 1.54) is 16.7 Å². The van der Waals surface area contributed by atoms with Gasteiger partial charge in [0.1, 0.15) is 18.1 Å². The van der Waals surface area contributed by atoms with E-state index in [2.05, 4.69) is 10.6 Å². The molecule has 0 bridgehead atoms. The van der Waals surface area contributed by atoms with Crippen LogP contribution in [0.15, 0.2) is 0 Å². The summed E-state index contributed by atoms with van der Waals surface area (Å²) in [5.41, 5.74) is 5.98. The Morgan fingerprint density at radius 1 is 1.06 bits per heavy atom. The van der Waals surface area contributed by atoms with Crippen LogP contribution in [0.1, 0.15) is 46.0 Å². The third-order valence-corrected chi connectivity index (χ3v) is 6.64. The number of thioether (sulfide) groups is 2. The van der Waals surface area contributed by atoms with Gasteiger partial charge in [0.25, 0.3) is 0 Å². The van der Waals surface area contributed by atoms with Crippen molar-refractivity contribution in [2.24, 2.45) is 11.7 Å². The number of rotatable bonds is 14. The lowest BCUT2D eigenvalue weighted by atomic mass is 10.0. The minimum Gasteiger partial charge on any atom is -0.480 e. The van der Waals surface area contributed by atoms with E-state index < -0.39 is 36.0 Å². The summed E-state index contributed by atoms with van der Waals surface area (Å²) in [5, 5.41) is 14.8. The number of carboxylic acid groups (broad SMARTS) is 1. The van der Waals surface area contributed by atoms with Crippen LogP contribution >= 0.6 is 23.5 Å². The minimum atomic E-state index is -1.09. The predicted octanol–water partition coefficient (Wildman–Crippen LogP) is 0.911. The first-order valence-electron chi connectivity index (χ1n) is 11.0. The van der Waals surface area contributed by atoms with Crippen LogP contribution in [0.4, 0.5) is 0 Å². The Morgan fingerprint density at radius 3 is 2.19 bits per heavy atom. The number of hydrogen-bond acceptors (Lipinski definition) is 7. The second-order valence-corrected chi connectivity index (χ2v) is 10.4. The van der Waals surface area contributed by atoms with Gasteiger partial charge in [0.2, 0.25) is 17.7 Å². The molecule has 0 aromatic rings. The van der Waals surface area contributed by atoms with E-state index in [1.807, 2.05) is 26.4 Å². The van der Waals surface area contributed by atoms with E-state index in [0.717, 1.165) is 0 Å². The van der Waals surface area contributed by atoms with Gasteiger partial charge in [-0.2, -0.15) is 23.5 Å². The van der Waals surface area contributed by atoms with E-state index >= 15 is 0 Å². The molecule has 11 heteroatoms. The highest BCUT2D eigenvalue weighted by atomic mass is 32.2. The smallest absolute Gasteiger partial charge is 0.326 e. The minimum absolute atomic E-state index is 0.246. The van der Waals surface area contributed by atoms with Gasteiger partial charge >= 0.3 is 5.97 Å². The van der Waals surface area contributed by atoms with Crippen LogP contribution in [0.3, 0.4) is 0 Å². The summed E-state index contributed by atoms with van der Waals surface area (Å²) in [4.78, 5) is 51.7. The van der Waals surface area contributed by atoms with Crippen LogP contribution in [-0.4, -0.2) is 88.4 Å². The standard InChI is InChI=1S/C21H38N4O5S2/c1-13(2)12-14(22)18(26)23-15(7-10-31-3)20(28)25-9-5-6-17(25)19(27)24-16(21(29)30)8-11-32-4/h13-17H,5-12,22H2,1-4H3,(H,23,26)(H,24,27)(H,29,30). The number of nitrogens with one attached hydrogen (secondary N) is 2. The Bertz CT molecular complexity index is 650. The van der Waals surface area contributed by atoms with Crippen LogP contribution < -0.4 is 16.4 Å². The molecule has 1 heterocycles. The molecule has 5 N–H and O–H groups in total. The van der Waals surface area contributed by atoms with E-state index in [0.29, 0.717) is 50.2 Å². The molecule has 32 heavy (non-hydrogen) atoms. The lowest BCUT2D eigenvalue weighted by Crippen LogP contribution is -2.57. The summed E-state index contributed by atoms with van der Waals surface area (Å²) >= 11 is 3.07. The summed E-state index contributed by atoms with van der Waals surface area (Å²) in [5.74, 6) is -0.737. The summed E-state index contributed by atoms with van der Waals surface area (Å²) < 4.78 is 0. The van der Waals surface area contributed by atoms with Crippen LogP contribution in [0.25, 0.3) is 0 Å². The Labute approximate surface area is 199 Å². The Hall–Kier alpha value is -1.46. The molecule has 3 amide bonds. The van der Waals surface area contributed by atoms with Gasteiger partial charge in [-0.3, -0.25) is 14.4 Å². The van der Waals surface area contributed by atoms with Crippen LogP contribution in [-0.2, 0) is 19.2 Å². The molecule has 0 spiro atoms. The molecular formula is C21H38N4O5S2. The van der Waals surface area contributed by atoms with Crippen molar-refractivity contribution in [2.45, 2.75) is 70.1 Å². The molecule has 4 atom stereocenters. The van der Waals surface area contributed by atoms with Crippen LogP contribution in [0, 0.1) is 5.92 Å². The average Bonchev–Trinajstić information content (AvgIpc) is 3.22. The first kappa shape index (κ1) is 28.6. The van der Waals surface area contributed by atoms with Gasteiger partial charge in [0.05, 0.1) is 6.04 Å². The number of carboxylic acids is 1. The maximum atomic E-state index is 13.3. The molecule has 0 aromatic heterocycles. The lowest BCUT2D eigenvalue weighted by Gasteiger charge is -2.30. The molecule has 4 unspecified atom stereocenters. The molecule has 1 fully saturated rings. The largest absolute Gasteiger partial charge is 0.480 e. The zero-order chi connectivity index (χ0) is 24.3. The Kier molecular flexibility index (Phi) is 13.1. The van der Waals surface area contributed by atoms with Crippen molar-refractivity contribution < 1.29 is 24.3 Å². The SMILES string of the molecule is CSCCC(NC(=O)C1CCCN1C(=O)C(CCSC)NC(=O)C(N)CC(C)C)C(=O)O. The van der Waals surface area contributed by atoms with Crippen LogP contribution in [0.2, 0.25) is 0 Å². The molecule has 1 rings (SSSR count). The van der Waals surface area contributed by atoms with Crippen molar-refractivity contribution in [3.05, 3.63) is 0 Å². The van der Waals surface area contributed by atoms with E-state index in [9.17, 15) is 24.3 Å². The number of nitrogens with two attached hydrogens (primary N) is 1. The third-order valence-electron chi connectivity index (χ3n) is 5.35. The third kappa shape index (κ3) is 9.19. The number of aliphatic carboxylic acids is 1. The van der Waals surface area contributed by atoms with Crippen molar-refractivity contribution >= 4 is 47.2 Å². The molecular weight excluding hydrogens is 452 g/mol. The highest BCUT2D eigenvalue weighted by Crippen LogP contribution is 2.20. The highest BCUT2D eigenvalue weighted by Gasteiger charge is 2.39. The number of amides is 3. The second-order valence-electron chi connectivity index (χ2n) is 8.45. The summed E-state index contributed by atoms with van der Waals surface area (Å²) in [6, 6.07) is -3.21. The molecule has 0 radical (unpaired) electrons. The molecule has 9 nitrogen and oxygen atoms in total. The fraction of sp³-hybridized carbons (Fsp3) is 0.810. The summed E-state index contributed by atoms with van der Waals surface area (Å²) in [7, 11) is 0. The van der Waals surface area contributed by atoms with Gasteiger partial charge in [0.15, 0.2) is 0 Å². The van der Waals surface area contributed by atoms with E-state index in [1.54, 1.807) is 11.8 Å². The second kappa shape index (κ2) is 14.6. The number of hydrogen-bond donors (Lipinski definition) is 4. The average molecular weight is 491 g/mol. The molecule has 0 saturated carbocycles. The van der Waals surface area contributed by atoms with Crippen molar-refractivity contribution in [1.29, 1.82) is 0 Å². The number of likely N-dealkylation sites (tertiary alicyclic amines) is 1. The number of carbonyl (C=O) groups is 4. The molecule has 1 aliphatic rings. The topological polar surface area (TPSA) is 142 Å². The normalized spacial score (nSPS) is 18.8. The summed E-state index contributed by atoms with van der Waals surface area (Å²) in [6.45, 7) is 4.34. The monoisotopic (exact) mass is 490 g/mol.